The minimum absolute atomic E-state index is 0.0849. The molecule has 0 bridgehead atoms. The van der Waals surface area contributed by atoms with Crippen LogP contribution in [0.1, 0.15) is 6.42 Å². The first kappa shape index (κ1) is 27.0. The van der Waals surface area contributed by atoms with E-state index < -0.39 is 98.4 Å². The summed E-state index contributed by atoms with van der Waals surface area (Å²) in [6.07, 6.45) is -16.5. The van der Waals surface area contributed by atoms with Crippen LogP contribution in [0.3, 0.4) is 0 Å². The summed E-state index contributed by atoms with van der Waals surface area (Å²) in [5.41, 5.74) is 23.5. The second-order valence-electron chi connectivity index (χ2n) is 8.79. The predicted molar refractivity (Wildman–Crippen MR) is 108 cm³/mol. The Morgan fingerprint density at radius 2 is 1.18 bits per heavy atom. The van der Waals surface area contributed by atoms with Gasteiger partial charge in [-0.25, -0.2) is 0 Å². The van der Waals surface area contributed by atoms with Crippen molar-refractivity contribution in [2.75, 3.05) is 13.2 Å². The number of aliphatic hydroxyl groups excluding tert-OH is 7. The minimum Gasteiger partial charge on any atom is -0.394 e. The maximum Gasteiger partial charge on any atom is 0.187 e. The number of aliphatic hydroxyl groups is 7. The highest BCUT2D eigenvalue weighted by Gasteiger charge is 2.51. The molecule has 0 aromatic heterocycles. The Kier molecular flexibility index (Phi) is 8.99. The maximum atomic E-state index is 10.9. The van der Waals surface area contributed by atoms with Crippen LogP contribution in [0.5, 0.6) is 0 Å². The Balaban J connectivity index is 1.72. The molecule has 2 saturated heterocycles. The molecule has 0 aromatic carbocycles. The van der Waals surface area contributed by atoms with E-state index in [1.54, 1.807) is 0 Å². The quantitative estimate of drug-likeness (QED) is 0.167. The number of hydrogen-bond acceptors (Lipinski definition) is 15. The Morgan fingerprint density at radius 1 is 0.667 bits per heavy atom. The molecule has 15 heteroatoms. The molecule has 2 aliphatic heterocycles. The predicted octanol–water partition coefficient (Wildman–Crippen LogP) is -7.29. The standard InChI is InChI=1S/C18H36N4O11/c19-2-6-10(25)12(27)13(28)18(30-6)33-16-5(21)1-4(20)15(14(16)29)32-17-11(26)8(22)9(24)7(3-23)31-17/h4-18,23-29H,1-3,19-22H2/t4-,5?,6?,7?,8-,9-,10-,11?,12+,13?,14?,15-,16-,17-,18-/m1/s1. The molecule has 6 unspecified atom stereocenters. The highest BCUT2D eigenvalue weighted by Crippen LogP contribution is 2.31. The molecule has 15 atom stereocenters. The van der Waals surface area contributed by atoms with Gasteiger partial charge in [0.2, 0.25) is 0 Å². The van der Waals surface area contributed by atoms with Gasteiger partial charge >= 0.3 is 0 Å². The van der Waals surface area contributed by atoms with E-state index in [0.717, 1.165) is 0 Å². The zero-order chi connectivity index (χ0) is 24.6. The summed E-state index contributed by atoms with van der Waals surface area (Å²) in [7, 11) is 0. The SMILES string of the molecule is NCC1O[C@H](O[C@@H]2C(N)C[C@@H](N)[C@@H](O[C@H]3OC(CO)[C@@H](O)[C@@H](N)C3O)C2O)C(O)[C@@H](O)[C@@H]1O. The van der Waals surface area contributed by atoms with Crippen molar-refractivity contribution in [3.63, 3.8) is 0 Å². The lowest BCUT2D eigenvalue weighted by molar-refractivity contribution is -0.332. The molecule has 194 valence electrons. The molecule has 0 radical (unpaired) electrons. The van der Waals surface area contributed by atoms with Crippen molar-refractivity contribution in [1.82, 2.24) is 0 Å². The lowest BCUT2D eigenvalue weighted by Gasteiger charge is -2.48. The third-order valence-electron chi connectivity index (χ3n) is 6.48. The number of ether oxygens (including phenoxy) is 4. The van der Waals surface area contributed by atoms with Crippen molar-refractivity contribution in [3.8, 4) is 0 Å². The molecule has 1 saturated carbocycles. The van der Waals surface area contributed by atoms with E-state index in [1.165, 1.54) is 0 Å². The number of rotatable bonds is 6. The van der Waals surface area contributed by atoms with Gasteiger partial charge in [-0.05, 0) is 6.42 Å². The largest absolute Gasteiger partial charge is 0.394 e. The van der Waals surface area contributed by atoms with Crippen molar-refractivity contribution < 1.29 is 54.7 Å². The molecule has 3 rings (SSSR count). The fourth-order valence-corrected chi connectivity index (χ4v) is 4.40. The molecular formula is C18H36N4O11. The molecule has 0 spiro atoms. The van der Waals surface area contributed by atoms with Crippen LogP contribution in [0.4, 0.5) is 0 Å². The minimum atomic E-state index is -1.66. The van der Waals surface area contributed by atoms with Crippen LogP contribution in [-0.4, -0.2) is 141 Å². The summed E-state index contributed by atoms with van der Waals surface area (Å²) in [4.78, 5) is 0. The van der Waals surface area contributed by atoms with Crippen molar-refractivity contribution in [3.05, 3.63) is 0 Å². The fourth-order valence-electron chi connectivity index (χ4n) is 4.40. The van der Waals surface area contributed by atoms with Crippen LogP contribution in [0.15, 0.2) is 0 Å². The summed E-state index contributed by atoms with van der Waals surface area (Å²) in [5.74, 6) is 0. The van der Waals surface area contributed by atoms with Crippen molar-refractivity contribution in [2.24, 2.45) is 22.9 Å². The van der Waals surface area contributed by atoms with Crippen molar-refractivity contribution >= 4 is 0 Å². The summed E-state index contributed by atoms with van der Waals surface area (Å²) < 4.78 is 22.2. The van der Waals surface area contributed by atoms with E-state index in [2.05, 4.69) is 0 Å². The van der Waals surface area contributed by atoms with E-state index >= 15 is 0 Å². The third kappa shape index (κ3) is 5.32. The molecule has 3 fully saturated rings. The third-order valence-corrected chi connectivity index (χ3v) is 6.48. The van der Waals surface area contributed by atoms with Gasteiger partial charge in [0.1, 0.15) is 61.0 Å². The average Bonchev–Trinajstić information content (AvgIpc) is 2.79. The fraction of sp³-hybridized carbons (Fsp3) is 1.00. The zero-order valence-corrected chi connectivity index (χ0v) is 17.9. The van der Waals surface area contributed by atoms with Gasteiger partial charge in [0.05, 0.1) is 12.6 Å². The Bertz CT molecular complexity index is 584. The first-order valence-corrected chi connectivity index (χ1v) is 10.8. The van der Waals surface area contributed by atoms with Gasteiger partial charge in [-0.3, -0.25) is 0 Å². The second-order valence-corrected chi connectivity index (χ2v) is 8.79. The Hall–Kier alpha value is -0.600. The lowest BCUT2D eigenvalue weighted by atomic mass is 9.84. The zero-order valence-electron chi connectivity index (χ0n) is 17.9. The molecular weight excluding hydrogens is 448 g/mol. The lowest BCUT2D eigenvalue weighted by Crippen LogP contribution is -2.68. The van der Waals surface area contributed by atoms with Crippen LogP contribution < -0.4 is 22.9 Å². The van der Waals surface area contributed by atoms with E-state index in [1.807, 2.05) is 0 Å². The molecule has 0 amide bonds. The van der Waals surface area contributed by atoms with E-state index in [0.29, 0.717) is 0 Å². The summed E-state index contributed by atoms with van der Waals surface area (Å²) >= 11 is 0. The van der Waals surface area contributed by atoms with Gasteiger partial charge in [-0.1, -0.05) is 0 Å². The number of hydrogen-bond donors (Lipinski definition) is 11. The van der Waals surface area contributed by atoms with Crippen LogP contribution >= 0.6 is 0 Å². The highest BCUT2D eigenvalue weighted by atomic mass is 16.7. The first-order valence-electron chi connectivity index (χ1n) is 10.8. The summed E-state index contributed by atoms with van der Waals surface area (Å²) in [6.45, 7) is -0.763. The smallest absolute Gasteiger partial charge is 0.187 e. The topological polar surface area (TPSA) is 283 Å². The van der Waals surface area contributed by atoms with Gasteiger partial charge in [-0.2, -0.15) is 0 Å². The molecule has 0 aromatic rings. The molecule has 15 nitrogen and oxygen atoms in total. The molecule has 33 heavy (non-hydrogen) atoms. The van der Waals surface area contributed by atoms with Crippen LogP contribution in [0, 0.1) is 0 Å². The van der Waals surface area contributed by atoms with Gasteiger partial charge in [-0.15, -0.1) is 0 Å². The Labute approximate surface area is 189 Å². The monoisotopic (exact) mass is 484 g/mol. The molecule has 1 aliphatic carbocycles. The van der Waals surface area contributed by atoms with Gasteiger partial charge in [0, 0.05) is 18.6 Å². The van der Waals surface area contributed by atoms with E-state index in [-0.39, 0.29) is 13.0 Å². The van der Waals surface area contributed by atoms with Crippen molar-refractivity contribution in [2.45, 2.75) is 98.2 Å². The average molecular weight is 485 g/mol. The van der Waals surface area contributed by atoms with Gasteiger partial charge in [0.25, 0.3) is 0 Å². The van der Waals surface area contributed by atoms with Crippen LogP contribution in [0.2, 0.25) is 0 Å². The highest BCUT2D eigenvalue weighted by molar-refractivity contribution is 5.01. The van der Waals surface area contributed by atoms with Gasteiger partial charge in [0.15, 0.2) is 12.6 Å². The molecule has 3 aliphatic rings. The van der Waals surface area contributed by atoms with Crippen molar-refractivity contribution in [1.29, 1.82) is 0 Å². The first-order chi connectivity index (χ1) is 15.5. The normalized spacial score (nSPS) is 53.7. The van der Waals surface area contributed by atoms with Crippen LogP contribution in [-0.2, 0) is 18.9 Å². The number of nitrogens with two attached hydrogens (primary N) is 4. The van der Waals surface area contributed by atoms with Crippen LogP contribution in [0.25, 0.3) is 0 Å². The maximum absolute atomic E-state index is 10.9. The second kappa shape index (κ2) is 11.0. The summed E-state index contributed by atoms with van der Waals surface area (Å²) in [6, 6.07) is -2.86. The molecule has 2 heterocycles. The van der Waals surface area contributed by atoms with E-state index in [4.69, 9.17) is 41.9 Å². The Morgan fingerprint density at radius 3 is 1.70 bits per heavy atom. The summed E-state index contributed by atoms with van der Waals surface area (Å²) in [5, 5.41) is 70.9. The van der Waals surface area contributed by atoms with Gasteiger partial charge < -0.3 is 77.6 Å². The molecule has 15 N–H and O–H groups in total. The van der Waals surface area contributed by atoms with E-state index in [9.17, 15) is 35.7 Å².